The van der Waals surface area contributed by atoms with Crippen LogP contribution in [-0.4, -0.2) is 18.1 Å². The average Bonchev–Trinajstić information content (AvgIpc) is 2.48. The Morgan fingerprint density at radius 1 is 1.40 bits per heavy atom. The quantitative estimate of drug-likeness (QED) is 0.692. The Hall–Kier alpha value is -1.72. The number of ether oxygens (including phenoxy) is 1. The summed E-state index contributed by atoms with van der Waals surface area (Å²) in [6, 6.07) is 8.92. The number of carbonyl (C=O) groups is 1. The van der Waals surface area contributed by atoms with E-state index in [0.29, 0.717) is 27.1 Å². The first kappa shape index (κ1) is 14.7. The molecule has 0 bridgehead atoms. The number of aromatic nitrogens is 1. The van der Waals surface area contributed by atoms with Gasteiger partial charge >= 0.3 is 5.97 Å². The maximum atomic E-state index is 11.7. The van der Waals surface area contributed by atoms with Crippen molar-refractivity contribution in [2.75, 3.05) is 12.8 Å². The SMILES string of the molecule is COC(=O)c1ccccc1CSc1nccc(Cl)c1N. The van der Waals surface area contributed by atoms with E-state index in [0.717, 1.165) is 5.56 Å². The van der Waals surface area contributed by atoms with E-state index < -0.39 is 0 Å². The number of thioether (sulfide) groups is 1. The molecule has 2 rings (SSSR count). The third kappa shape index (κ3) is 3.23. The fourth-order valence-electron chi connectivity index (χ4n) is 1.65. The first-order chi connectivity index (χ1) is 9.63. The number of hydrogen-bond donors (Lipinski definition) is 1. The van der Waals surface area contributed by atoms with Crippen LogP contribution in [-0.2, 0) is 10.5 Å². The minimum atomic E-state index is -0.353. The Kier molecular flexibility index (Phi) is 4.87. The minimum absolute atomic E-state index is 0.353. The van der Waals surface area contributed by atoms with E-state index in [1.807, 2.05) is 12.1 Å². The number of benzene rings is 1. The molecule has 6 heteroatoms. The summed E-state index contributed by atoms with van der Waals surface area (Å²) in [5.41, 5.74) is 7.73. The molecule has 1 heterocycles. The lowest BCUT2D eigenvalue weighted by Crippen LogP contribution is -2.05. The van der Waals surface area contributed by atoms with Gasteiger partial charge in [-0.2, -0.15) is 0 Å². The summed E-state index contributed by atoms with van der Waals surface area (Å²) in [5, 5.41) is 1.13. The maximum Gasteiger partial charge on any atom is 0.338 e. The van der Waals surface area contributed by atoms with E-state index in [4.69, 9.17) is 22.1 Å². The number of nitrogens with zero attached hydrogens (tertiary/aromatic N) is 1. The Bertz CT molecular complexity index is 634. The molecule has 0 aliphatic carbocycles. The fourth-order valence-corrected chi connectivity index (χ4v) is 2.79. The highest BCUT2D eigenvalue weighted by Gasteiger charge is 2.12. The summed E-state index contributed by atoms with van der Waals surface area (Å²) in [7, 11) is 1.36. The molecule has 1 aromatic carbocycles. The summed E-state index contributed by atoms with van der Waals surface area (Å²) in [6.07, 6.45) is 1.60. The van der Waals surface area contributed by atoms with Gasteiger partial charge in [-0.15, -0.1) is 0 Å². The molecular formula is C14H13ClN2O2S. The highest BCUT2D eigenvalue weighted by molar-refractivity contribution is 7.98. The zero-order valence-electron chi connectivity index (χ0n) is 10.8. The molecule has 0 saturated heterocycles. The van der Waals surface area contributed by atoms with Gasteiger partial charge in [0.25, 0.3) is 0 Å². The van der Waals surface area contributed by atoms with Gasteiger partial charge < -0.3 is 10.5 Å². The molecule has 0 atom stereocenters. The Labute approximate surface area is 126 Å². The molecule has 0 spiro atoms. The molecule has 0 aliphatic rings. The lowest BCUT2D eigenvalue weighted by Gasteiger charge is -2.08. The number of esters is 1. The van der Waals surface area contributed by atoms with Gasteiger partial charge in [0.2, 0.25) is 0 Å². The topological polar surface area (TPSA) is 65.2 Å². The van der Waals surface area contributed by atoms with Crippen molar-refractivity contribution in [1.82, 2.24) is 4.98 Å². The van der Waals surface area contributed by atoms with Crippen molar-refractivity contribution in [1.29, 1.82) is 0 Å². The van der Waals surface area contributed by atoms with Gasteiger partial charge in [-0.3, -0.25) is 0 Å². The molecule has 0 amide bonds. The highest BCUT2D eigenvalue weighted by Crippen LogP contribution is 2.31. The zero-order chi connectivity index (χ0) is 14.5. The second-order valence-corrected chi connectivity index (χ2v) is 5.32. The van der Waals surface area contributed by atoms with Crippen LogP contribution in [0.15, 0.2) is 41.6 Å². The standard InChI is InChI=1S/C14H13ClN2O2S/c1-19-14(18)10-5-3-2-4-9(10)8-20-13-12(16)11(15)6-7-17-13/h2-7H,8,16H2,1H3. The summed E-state index contributed by atoms with van der Waals surface area (Å²) in [5.74, 6) is 0.205. The number of anilines is 1. The second kappa shape index (κ2) is 6.63. The number of methoxy groups -OCH3 is 1. The third-order valence-electron chi connectivity index (χ3n) is 2.69. The molecule has 1 aromatic heterocycles. The van der Waals surface area contributed by atoms with E-state index in [1.165, 1.54) is 18.9 Å². The minimum Gasteiger partial charge on any atom is -0.465 e. The lowest BCUT2D eigenvalue weighted by atomic mass is 10.1. The summed E-state index contributed by atoms with van der Waals surface area (Å²) < 4.78 is 4.76. The van der Waals surface area contributed by atoms with Crippen LogP contribution in [0.4, 0.5) is 5.69 Å². The van der Waals surface area contributed by atoms with Crippen LogP contribution in [0.2, 0.25) is 5.02 Å². The average molecular weight is 309 g/mol. The number of hydrogen-bond acceptors (Lipinski definition) is 5. The third-order valence-corrected chi connectivity index (χ3v) is 4.07. The van der Waals surface area contributed by atoms with Crippen molar-refractivity contribution in [3.8, 4) is 0 Å². The summed E-state index contributed by atoms with van der Waals surface area (Å²) >= 11 is 7.38. The van der Waals surface area contributed by atoms with E-state index in [1.54, 1.807) is 24.4 Å². The molecule has 2 N–H and O–H groups in total. The molecule has 0 aliphatic heterocycles. The molecule has 0 radical (unpaired) electrons. The van der Waals surface area contributed by atoms with Crippen molar-refractivity contribution < 1.29 is 9.53 Å². The van der Waals surface area contributed by atoms with Crippen LogP contribution in [0, 0.1) is 0 Å². The van der Waals surface area contributed by atoms with Gasteiger partial charge in [0.1, 0.15) is 5.03 Å². The smallest absolute Gasteiger partial charge is 0.338 e. The Morgan fingerprint density at radius 2 is 2.15 bits per heavy atom. The van der Waals surface area contributed by atoms with Gasteiger partial charge in [0.15, 0.2) is 0 Å². The largest absolute Gasteiger partial charge is 0.465 e. The molecule has 104 valence electrons. The van der Waals surface area contributed by atoms with Crippen molar-refractivity contribution in [3.63, 3.8) is 0 Å². The van der Waals surface area contributed by atoms with Gasteiger partial charge in [0.05, 0.1) is 23.4 Å². The van der Waals surface area contributed by atoms with Crippen LogP contribution >= 0.6 is 23.4 Å². The molecular weight excluding hydrogens is 296 g/mol. The van der Waals surface area contributed by atoms with Crippen LogP contribution in [0.1, 0.15) is 15.9 Å². The van der Waals surface area contributed by atoms with E-state index in [2.05, 4.69) is 4.98 Å². The normalized spacial score (nSPS) is 10.3. The first-order valence-electron chi connectivity index (χ1n) is 5.82. The van der Waals surface area contributed by atoms with Gasteiger partial charge in [-0.25, -0.2) is 9.78 Å². The van der Waals surface area contributed by atoms with Crippen LogP contribution in [0.3, 0.4) is 0 Å². The second-order valence-electron chi connectivity index (χ2n) is 3.95. The molecule has 20 heavy (non-hydrogen) atoms. The summed E-state index contributed by atoms with van der Waals surface area (Å²) in [6.45, 7) is 0. The monoisotopic (exact) mass is 308 g/mol. The van der Waals surface area contributed by atoms with Crippen molar-refractivity contribution in [2.24, 2.45) is 0 Å². The van der Waals surface area contributed by atoms with Crippen LogP contribution in [0.25, 0.3) is 0 Å². The van der Waals surface area contributed by atoms with Gasteiger partial charge in [-0.1, -0.05) is 41.6 Å². The van der Waals surface area contributed by atoms with E-state index in [-0.39, 0.29) is 5.97 Å². The molecule has 2 aromatic rings. The first-order valence-corrected chi connectivity index (χ1v) is 7.19. The van der Waals surface area contributed by atoms with Gasteiger partial charge in [0, 0.05) is 11.9 Å². The number of halogens is 1. The van der Waals surface area contributed by atoms with Crippen molar-refractivity contribution in [3.05, 3.63) is 52.7 Å². The van der Waals surface area contributed by atoms with Gasteiger partial charge in [-0.05, 0) is 17.7 Å². The number of pyridine rings is 1. The zero-order valence-corrected chi connectivity index (χ0v) is 12.4. The number of nitrogens with two attached hydrogens (primary N) is 1. The maximum absolute atomic E-state index is 11.7. The van der Waals surface area contributed by atoms with Crippen molar-refractivity contribution >= 4 is 35.0 Å². The highest BCUT2D eigenvalue weighted by atomic mass is 35.5. The van der Waals surface area contributed by atoms with Crippen LogP contribution < -0.4 is 5.73 Å². The van der Waals surface area contributed by atoms with Crippen LogP contribution in [0.5, 0.6) is 0 Å². The molecule has 0 fully saturated rings. The summed E-state index contributed by atoms with van der Waals surface area (Å²) in [4.78, 5) is 15.9. The molecule has 0 unspecified atom stereocenters. The van der Waals surface area contributed by atoms with E-state index >= 15 is 0 Å². The lowest BCUT2D eigenvalue weighted by molar-refractivity contribution is 0.0600. The Balaban J connectivity index is 2.19. The number of carbonyl (C=O) groups excluding carboxylic acids is 1. The fraction of sp³-hybridized carbons (Fsp3) is 0.143. The Morgan fingerprint density at radius 3 is 2.90 bits per heavy atom. The number of rotatable bonds is 4. The van der Waals surface area contributed by atoms with Crippen molar-refractivity contribution in [2.45, 2.75) is 10.8 Å². The molecule has 4 nitrogen and oxygen atoms in total. The van der Waals surface area contributed by atoms with E-state index in [9.17, 15) is 4.79 Å². The predicted molar refractivity (Wildman–Crippen MR) is 81.0 cm³/mol. The molecule has 0 saturated carbocycles. The number of nitrogen functional groups attached to an aromatic ring is 1. The predicted octanol–water partition coefficient (Wildman–Crippen LogP) is 3.40.